The van der Waals surface area contributed by atoms with Crippen LogP contribution in [0.15, 0.2) is 17.2 Å². The van der Waals surface area contributed by atoms with Gasteiger partial charge in [-0.3, -0.25) is 4.79 Å². The molecular formula is C20H27IN2O3. The van der Waals surface area contributed by atoms with Crippen LogP contribution in [0.3, 0.4) is 0 Å². The standard InChI is InChI=1S/C20H27IN2O3/c1-4-25-16-11-13(10-15(21)18(16)26-5-2)12-22-23-19(24)17-14-8-6-7-9-20(14,17)3/h10-12,14,17H,4-9H2,1-3H3,(H,23,24)/b22-12-/t14-,17-,20-/m0/s1. The second-order valence-corrected chi connectivity index (χ2v) is 8.43. The number of halogens is 1. The molecule has 1 amide bonds. The number of nitrogens with one attached hydrogen (secondary N) is 1. The zero-order chi connectivity index (χ0) is 18.7. The van der Waals surface area contributed by atoms with E-state index in [1.807, 2.05) is 26.0 Å². The van der Waals surface area contributed by atoms with Gasteiger partial charge in [-0.2, -0.15) is 5.10 Å². The molecule has 1 N–H and O–H groups in total. The first-order valence-electron chi connectivity index (χ1n) is 9.43. The van der Waals surface area contributed by atoms with E-state index in [2.05, 4.69) is 40.0 Å². The third-order valence-electron chi connectivity index (χ3n) is 5.62. The molecule has 0 unspecified atom stereocenters. The van der Waals surface area contributed by atoms with E-state index in [1.165, 1.54) is 19.3 Å². The molecule has 2 aliphatic rings. The molecule has 0 spiro atoms. The first-order valence-corrected chi connectivity index (χ1v) is 10.5. The number of fused-ring (bicyclic) bond motifs is 1. The largest absolute Gasteiger partial charge is 0.490 e. The molecule has 3 rings (SSSR count). The maximum atomic E-state index is 12.5. The Labute approximate surface area is 169 Å². The van der Waals surface area contributed by atoms with Crippen molar-refractivity contribution < 1.29 is 14.3 Å². The maximum absolute atomic E-state index is 12.5. The highest BCUT2D eigenvalue weighted by molar-refractivity contribution is 14.1. The fraction of sp³-hybridized carbons (Fsp3) is 0.600. The second-order valence-electron chi connectivity index (χ2n) is 7.27. The van der Waals surface area contributed by atoms with Crippen LogP contribution in [0.25, 0.3) is 0 Å². The Kier molecular flexibility index (Phi) is 6.10. The molecule has 0 saturated heterocycles. The van der Waals surface area contributed by atoms with Gasteiger partial charge in [-0.05, 0) is 78.3 Å². The van der Waals surface area contributed by atoms with Crippen molar-refractivity contribution in [1.29, 1.82) is 0 Å². The normalized spacial score (nSPS) is 27.1. The highest BCUT2D eigenvalue weighted by Gasteiger charge is 2.64. The number of rotatable bonds is 7. The first-order chi connectivity index (χ1) is 12.5. The minimum Gasteiger partial charge on any atom is -0.490 e. The van der Waals surface area contributed by atoms with Crippen molar-refractivity contribution in [2.24, 2.45) is 22.4 Å². The minimum absolute atomic E-state index is 0.0568. The molecule has 0 aliphatic heterocycles. The summed E-state index contributed by atoms with van der Waals surface area (Å²) in [5, 5.41) is 4.19. The lowest BCUT2D eigenvalue weighted by molar-refractivity contribution is -0.123. The molecule has 26 heavy (non-hydrogen) atoms. The van der Waals surface area contributed by atoms with Gasteiger partial charge < -0.3 is 9.47 Å². The Morgan fingerprint density at radius 1 is 1.35 bits per heavy atom. The number of ether oxygens (including phenoxy) is 2. The van der Waals surface area contributed by atoms with E-state index >= 15 is 0 Å². The molecular weight excluding hydrogens is 443 g/mol. The average Bonchev–Trinajstić information content (AvgIpc) is 3.23. The van der Waals surface area contributed by atoms with Crippen LogP contribution in [0.2, 0.25) is 0 Å². The van der Waals surface area contributed by atoms with Crippen molar-refractivity contribution >= 4 is 34.7 Å². The van der Waals surface area contributed by atoms with Crippen LogP contribution in [-0.4, -0.2) is 25.3 Å². The summed E-state index contributed by atoms with van der Waals surface area (Å²) in [6.07, 6.45) is 6.50. The Morgan fingerprint density at radius 2 is 2.12 bits per heavy atom. The molecule has 1 aromatic carbocycles. The Bertz CT molecular complexity index is 707. The van der Waals surface area contributed by atoms with Crippen LogP contribution in [0.5, 0.6) is 11.5 Å². The molecule has 142 valence electrons. The fourth-order valence-corrected chi connectivity index (χ4v) is 5.08. The quantitative estimate of drug-likeness (QED) is 0.366. The third kappa shape index (κ3) is 3.85. The first kappa shape index (κ1) is 19.5. The summed E-state index contributed by atoms with van der Waals surface area (Å²) in [5.41, 5.74) is 3.82. The third-order valence-corrected chi connectivity index (χ3v) is 6.42. The molecule has 2 saturated carbocycles. The lowest BCUT2D eigenvalue weighted by atomic mass is 9.90. The van der Waals surface area contributed by atoms with E-state index in [4.69, 9.17) is 9.47 Å². The Morgan fingerprint density at radius 3 is 2.77 bits per heavy atom. The van der Waals surface area contributed by atoms with Crippen LogP contribution in [0.4, 0.5) is 0 Å². The zero-order valence-corrected chi connectivity index (χ0v) is 17.8. The number of carbonyl (C=O) groups excluding carboxylic acids is 1. The van der Waals surface area contributed by atoms with Crippen molar-refractivity contribution in [2.45, 2.75) is 46.5 Å². The molecule has 0 aromatic heterocycles. The van der Waals surface area contributed by atoms with Gasteiger partial charge in [0.1, 0.15) is 0 Å². The zero-order valence-electron chi connectivity index (χ0n) is 15.7. The van der Waals surface area contributed by atoms with Gasteiger partial charge in [-0.15, -0.1) is 0 Å². The highest BCUT2D eigenvalue weighted by Crippen LogP contribution is 2.66. The van der Waals surface area contributed by atoms with E-state index < -0.39 is 0 Å². The maximum Gasteiger partial charge on any atom is 0.244 e. The SMILES string of the molecule is CCOc1cc(/C=N\NC(=O)[C@@H]2[C@@H]3CCCC[C@]23C)cc(I)c1OCC. The Hall–Kier alpha value is -1.31. The summed E-state index contributed by atoms with van der Waals surface area (Å²) in [5.74, 6) is 2.19. The average molecular weight is 470 g/mol. The predicted molar refractivity (Wildman–Crippen MR) is 111 cm³/mol. The van der Waals surface area contributed by atoms with Crippen molar-refractivity contribution in [3.63, 3.8) is 0 Å². The summed E-state index contributed by atoms with van der Waals surface area (Å²) in [4.78, 5) is 12.5. The van der Waals surface area contributed by atoms with Gasteiger partial charge in [-0.25, -0.2) is 5.43 Å². The van der Waals surface area contributed by atoms with Crippen molar-refractivity contribution in [3.05, 3.63) is 21.3 Å². The smallest absolute Gasteiger partial charge is 0.244 e. The number of nitrogens with zero attached hydrogens (tertiary/aromatic N) is 1. The van der Waals surface area contributed by atoms with E-state index in [-0.39, 0.29) is 17.2 Å². The minimum atomic E-state index is 0.0568. The van der Waals surface area contributed by atoms with E-state index in [0.29, 0.717) is 24.9 Å². The molecule has 0 bridgehead atoms. The summed E-state index contributed by atoms with van der Waals surface area (Å²) in [7, 11) is 0. The number of hydrazone groups is 1. The fourth-order valence-electron chi connectivity index (χ4n) is 4.30. The number of amides is 1. The molecule has 0 heterocycles. The predicted octanol–water partition coefficient (Wildman–Crippen LogP) is 4.37. The van der Waals surface area contributed by atoms with Crippen molar-refractivity contribution in [2.75, 3.05) is 13.2 Å². The molecule has 2 aliphatic carbocycles. The molecule has 1 aromatic rings. The van der Waals surface area contributed by atoms with E-state index in [0.717, 1.165) is 21.3 Å². The van der Waals surface area contributed by atoms with E-state index in [1.54, 1.807) is 6.21 Å². The van der Waals surface area contributed by atoms with Crippen molar-refractivity contribution in [3.8, 4) is 11.5 Å². The summed E-state index contributed by atoms with van der Waals surface area (Å²) in [6, 6.07) is 3.87. The topological polar surface area (TPSA) is 59.9 Å². The highest BCUT2D eigenvalue weighted by atomic mass is 127. The molecule has 2 fully saturated rings. The molecule has 3 atom stereocenters. The monoisotopic (exact) mass is 470 g/mol. The number of carbonyl (C=O) groups is 1. The van der Waals surface area contributed by atoms with Gasteiger partial charge in [0.2, 0.25) is 5.91 Å². The van der Waals surface area contributed by atoms with Gasteiger partial charge in [0.15, 0.2) is 11.5 Å². The summed E-state index contributed by atoms with van der Waals surface area (Å²) >= 11 is 2.23. The van der Waals surface area contributed by atoms with Gasteiger partial charge in [0.25, 0.3) is 0 Å². The molecule has 5 nitrogen and oxygen atoms in total. The van der Waals surface area contributed by atoms with E-state index in [9.17, 15) is 4.79 Å². The van der Waals surface area contributed by atoms with Crippen LogP contribution < -0.4 is 14.9 Å². The lowest BCUT2D eigenvalue weighted by Gasteiger charge is -2.15. The van der Waals surface area contributed by atoms with Crippen LogP contribution in [-0.2, 0) is 4.79 Å². The number of benzene rings is 1. The van der Waals surface area contributed by atoms with Crippen LogP contribution in [0, 0.1) is 20.8 Å². The van der Waals surface area contributed by atoms with Gasteiger partial charge in [0.05, 0.1) is 23.0 Å². The van der Waals surface area contributed by atoms with Crippen molar-refractivity contribution in [1.82, 2.24) is 5.43 Å². The number of hydrogen-bond donors (Lipinski definition) is 1. The molecule has 6 heteroatoms. The van der Waals surface area contributed by atoms with Gasteiger partial charge >= 0.3 is 0 Å². The molecule has 0 radical (unpaired) electrons. The Balaban J connectivity index is 1.66. The summed E-state index contributed by atoms with van der Waals surface area (Å²) in [6.45, 7) is 7.29. The van der Waals surface area contributed by atoms with Gasteiger partial charge in [-0.1, -0.05) is 19.8 Å². The summed E-state index contributed by atoms with van der Waals surface area (Å²) < 4.78 is 12.3. The lowest BCUT2D eigenvalue weighted by Crippen LogP contribution is -2.22. The number of hydrogen-bond acceptors (Lipinski definition) is 4. The van der Waals surface area contributed by atoms with Crippen LogP contribution in [0.1, 0.15) is 52.0 Å². The second kappa shape index (κ2) is 8.15. The van der Waals surface area contributed by atoms with Crippen LogP contribution >= 0.6 is 22.6 Å². The van der Waals surface area contributed by atoms with Gasteiger partial charge in [0, 0.05) is 5.92 Å².